The molecule has 18 heavy (non-hydrogen) atoms. The number of carboxylic acid groups (broad SMARTS) is 1. The second-order valence-corrected chi connectivity index (χ2v) is 4.36. The van der Waals surface area contributed by atoms with E-state index in [0.29, 0.717) is 0 Å². The Balaban J connectivity index is 3.43. The van der Waals surface area contributed by atoms with E-state index in [1.165, 1.54) is 19.3 Å². The highest BCUT2D eigenvalue weighted by molar-refractivity contribution is 5.75. The van der Waals surface area contributed by atoms with Crippen LogP contribution in [0.25, 0.3) is 0 Å². The van der Waals surface area contributed by atoms with Crippen molar-refractivity contribution < 1.29 is 24.5 Å². The molecule has 0 amide bonds. The van der Waals surface area contributed by atoms with Gasteiger partial charge in [0.25, 0.3) is 0 Å². The maximum Gasteiger partial charge on any atom is 0.334 e. The van der Waals surface area contributed by atoms with Gasteiger partial charge in [0.05, 0.1) is 6.61 Å². The normalized spacial score (nSPS) is 12.1. The highest BCUT2D eigenvalue weighted by atomic mass is 16.5. The first-order valence-corrected chi connectivity index (χ1v) is 6.62. The predicted molar refractivity (Wildman–Crippen MR) is 64.6 cm³/mol. The molecule has 0 saturated heterocycles. The largest absolute Gasteiger partial charge is 0.550 e. The highest BCUT2D eigenvalue weighted by Crippen LogP contribution is 2.06. The number of ether oxygens (including phenoxy) is 1. The van der Waals surface area contributed by atoms with Gasteiger partial charge in [0.1, 0.15) is 0 Å². The van der Waals surface area contributed by atoms with Crippen LogP contribution in [0.3, 0.4) is 0 Å². The van der Waals surface area contributed by atoms with Crippen molar-refractivity contribution in [2.75, 3.05) is 6.61 Å². The molecule has 5 heteroatoms. The third-order valence-electron chi connectivity index (χ3n) is 2.64. The number of carboxylic acids is 1. The lowest BCUT2D eigenvalue weighted by molar-refractivity contribution is -0.306. The quantitative estimate of drug-likeness (QED) is 0.437. The summed E-state index contributed by atoms with van der Waals surface area (Å²) in [5, 5.41) is 19.4. The minimum Gasteiger partial charge on any atom is -0.550 e. The number of carbonyl (C=O) groups is 2. The Morgan fingerprint density at radius 3 is 2.39 bits per heavy atom. The van der Waals surface area contributed by atoms with Crippen LogP contribution in [0.5, 0.6) is 0 Å². The highest BCUT2D eigenvalue weighted by Gasteiger charge is 2.15. The third kappa shape index (κ3) is 10.1. The lowest BCUT2D eigenvalue weighted by Crippen LogP contribution is -2.28. The first-order valence-electron chi connectivity index (χ1n) is 6.62. The summed E-state index contributed by atoms with van der Waals surface area (Å²) >= 11 is 0. The molecule has 0 aliphatic carbocycles. The fourth-order valence-electron chi connectivity index (χ4n) is 1.52. The molecule has 0 radical (unpaired) electrons. The zero-order chi connectivity index (χ0) is 13.8. The van der Waals surface area contributed by atoms with Crippen LogP contribution in [0.15, 0.2) is 0 Å². The van der Waals surface area contributed by atoms with E-state index in [-0.39, 0.29) is 19.4 Å². The molecule has 0 spiro atoms. The minimum absolute atomic E-state index is 0.155. The second kappa shape index (κ2) is 11.0. The number of aliphatic hydroxyl groups is 1. The summed E-state index contributed by atoms with van der Waals surface area (Å²) in [7, 11) is 0. The number of esters is 1. The van der Waals surface area contributed by atoms with Gasteiger partial charge in [0.2, 0.25) is 0 Å². The van der Waals surface area contributed by atoms with Crippen molar-refractivity contribution in [3.05, 3.63) is 0 Å². The molecule has 0 rings (SSSR count). The fourth-order valence-corrected chi connectivity index (χ4v) is 1.52. The molecule has 0 aliphatic heterocycles. The summed E-state index contributed by atoms with van der Waals surface area (Å²) in [5.41, 5.74) is 0. The van der Waals surface area contributed by atoms with Gasteiger partial charge in [-0.2, -0.15) is 0 Å². The molecule has 0 aromatic carbocycles. The van der Waals surface area contributed by atoms with Gasteiger partial charge in [-0.15, -0.1) is 0 Å². The number of rotatable bonds is 11. The average molecular weight is 259 g/mol. The number of aliphatic carboxylic acids is 1. The molecule has 0 unspecified atom stereocenters. The van der Waals surface area contributed by atoms with Crippen molar-refractivity contribution in [3.63, 3.8) is 0 Å². The van der Waals surface area contributed by atoms with Crippen molar-refractivity contribution in [2.45, 2.75) is 64.4 Å². The molecule has 0 aromatic rings. The van der Waals surface area contributed by atoms with Crippen molar-refractivity contribution in [1.82, 2.24) is 0 Å². The van der Waals surface area contributed by atoms with E-state index < -0.39 is 18.0 Å². The summed E-state index contributed by atoms with van der Waals surface area (Å²) in [4.78, 5) is 21.3. The van der Waals surface area contributed by atoms with Gasteiger partial charge in [0, 0.05) is 5.97 Å². The molecule has 0 aromatic heterocycles. The molecular formula is C13H23O5-. The Kier molecular flexibility index (Phi) is 10.3. The van der Waals surface area contributed by atoms with Gasteiger partial charge in [0.15, 0.2) is 6.10 Å². The van der Waals surface area contributed by atoms with Crippen LogP contribution >= 0.6 is 0 Å². The van der Waals surface area contributed by atoms with Gasteiger partial charge in [-0.05, 0) is 19.3 Å². The van der Waals surface area contributed by atoms with Gasteiger partial charge >= 0.3 is 5.97 Å². The van der Waals surface area contributed by atoms with Crippen molar-refractivity contribution in [2.24, 2.45) is 0 Å². The van der Waals surface area contributed by atoms with Crippen LogP contribution in [0.4, 0.5) is 0 Å². The fraction of sp³-hybridized carbons (Fsp3) is 0.846. The van der Waals surface area contributed by atoms with E-state index in [0.717, 1.165) is 19.3 Å². The molecule has 0 fully saturated rings. The van der Waals surface area contributed by atoms with E-state index >= 15 is 0 Å². The van der Waals surface area contributed by atoms with Crippen LogP contribution in [0.1, 0.15) is 58.3 Å². The Morgan fingerprint density at radius 2 is 1.78 bits per heavy atom. The molecule has 0 saturated carbocycles. The number of carbonyl (C=O) groups excluding carboxylic acids is 2. The maximum atomic E-state index is 11.2. The summed E-state index contributed by atoms with van der Waals surface area (Å²) in [6.45, 7) is 2.43. The van der Waals surface area contributed by atoms with Crippen molar-refractivity contribution >= 4 is 11.9 Å². The third-order valence-corrected chi connectivity index (χ3v) is 2.64. The van der Waals surface area contributed by atoms with Gasteiger partial charge in [-0.25, -0.2) is 4.79 Å². The average Bonchev–Trinajstić information content (AvgIpc) is 2.34. The molecule has 1 atom stereocenters. The van der Waals surface area contributed by atoms with E-state index in [2.05, 4.69) is 6.92 Å². The Morgan fingerprint density at radius 1 is 1.17 bits per heavy atom. The standard InChI is InChI=1S/C13H24O5/c1-2-3-4-5-6-7-10-18-13(17)11(14)8-9-12(15)16/h11,14H,2-10H2,1H3,(H,15,16)/p-1/t11-/m1/s1. The number of aliphatic hydroxyl groups excluding tert-OH is 1. The summed E-state index contributed by atoms with van der Waals surface area (Å²) < 4.78 is 4.84. The summed E-state index contributed by atoms with van der Waals surface area (Å²) in [6, 6.07) is 0. The molecule has 0 heterocycles. The van der Waals surface area contributed by atoms with Gasteiger partial charge in [-0.1, -0.05) is 39.0 Å². The molecule has 106 valence electrons. The van der Waals surface area contributed by atoms with E-state index in [1.54, 1.807) is 0 Å². The zero-order valence-electron chi connectivity index (χ0n) is 11.0. The molecule has 5 nitrogen and oxygen atoms in total. The number of unbranched alkanes of at least 4 members (excludes halogenated alkanes) is 5. The molecule has 0 aliphatic rings. The van der Waals surface area contributed by atoms with Crippen LogP contribution < -0.4 is 5.11 Å². The van der Waals surface area contributed by atoms with Crippen LogP contribution in [0, 0.1) is 0 Å². The van der Waals surface area contributed by atoms with Crippen molar-refractivity contribution in [1.29, 1.82) is 0 Å². The van der Waals surface area contributed by atoms with E-state index in [1.807, 2.05) is 0 Å². The zero-order valence-corrected chi connectivity index (χ0v) is 11.0. The molecule has 1 N–H and O–H groups in total. The van der Waals surface area contributed by atoms with Crippen molar-refractivity contribution in [3.8, 4) is 0 Å². The van der Waals surface area contributed by atoms with Crippen LogP contribution in [0.2, 0.25) is 0 Å². The Bertz CT molecular complexity index is 240. The maximum absolute atomic E-state index is 11.2. The topological polar surface area (TPSA) is 86.7 Å². The molecular weight excluding hydrogens is 236 g/mol. The SMILES string of the molecule is CCCCCCCCOC(=O)[C@H](O)CCC(=O)[O-]. The first kappa shape index (κ1) is 16.9. The smallest absolute Gasteiger partial charge is 0.334 e. The molecule has 0 bridgehead atoms. The predicted octanol–water partition coefficient (Wildman–Crippen LogP) is 0.781. The van der Waals surface area contributed by atoms with E-state index in [4.69, 9.17) is 4.74 Å². The lowest BCUT2D eigenvalue weighted by atomic mass is 10.1. The van der Waals surface area contributed by atoms with Crippen LogP contribution in [-0.2, 0) is 14.3 Å². The Hall–Kier alpha value is -1.10. The van der Waals surface area contributed by atoms with Gasteiger partial charge < -0.3 is 19.7 Å². The minimum atomic E-state index is -1.36. The van der Waals surface area contributed by atoms with Crippen LogP contribution in [-0.4, -0.2) is 29.8 Å². The second-order valence-electron chi connectivity index (χ2n) is 4.36. The summed E-state index contributed by atoms with van der Waals surface area (Å²) in [6.07, 6.45) is 4.66. The number of hydrogen-bond acceptors (Lipinski definition) is 5. The monoisotopic (exact) mass is 259 g/mol. The summed E-state index contributed by atoms with van der Waals surface area (Å²) in [5.74, 6) is -2.03. The lowest BCUT2D eigenvalue weighted by Gasteiger charge is -2.10. The van der Waals surface area contributed by atoms with E-state index in [9.17, 15) is 19.8 Å². The Labute approximate surface area is 108 Å². The van der Waals surface area contributed by atoms with Gasteiger partial charge in [-0.3, -0.25) is 0 Å². The number of hydrogen-bond donors (Lipinski definition) is 1. The first-order chi connectivity index (χ1) is 8.57.